The van der Waals surface area contributed by atoms with Crippen molar-refractivity contribution >= 4 is 5.91 Å². The van der Waals surface area contributed by atoms with Gasteiger partial charge in [-0.2, -0.15) is 0 Å². The van der Waals surface area contributed by atoms with Gasteiger partial charge in [0.25, 0.3) is 0 Å². The number of piperidine rings is 1. The highest BCUT2D eigenvalue weighted by molar-refractivity contribution is 5.79. The number of morpholine rings is 1. The number of carbonyl (C=O) groups excluding carboxylic acids is 1. The van der Waals surface area contributed by atoms with E-state index in [-0.39, 0.29) is 5.92 Å². The predicted molar refractivity (Wildman–Crippen MR) is 99.7 cm³/mol. The molecule has 1 atom stereocenters. The molecule has 2 fully saturated rings. The normalized spacial score (nSPS) is 21.4. The Labute approximate surface area is 156 Å². The van der Waals surface area contributed by atoms with Crippen molar-refractivity contribution in [1.82, 2.24) is 9.80 Å². The van der Waals surface area contributed by atoms with Gasteiger partial charge < -0.3 is 19.1 Å². The van der Waals surface area contributed by atoms with E-state index in [1.807, 2.05) is 36.1 Å². The monoisotopic (exact) mass is 362 g/mol. The third-order valence-electron chi connectivity index (χ3n) is 4.99. The van der Waals surface area contributed by atoms with Crippen LogP contribution in [0.5, 0.6) is 11.5 Å². The number of ether oxygens (including phenoxy) is 3. The Morgan fingerprint density at radius 2 is 1.81 bits per heavy atom. The second kappa shape index (κ2) is 9.78. The number of benzene rings is 1. The molecule has 0 spiro atoms. The second-order valence-corrected chi connectivity index (χ2v) is 6.83. The number of nitrogens with zero attached hydrogens (tertiary/aromatic N) is 2. The Hall–Kier alpha value is -1.79. The first-order valence-electron chi connectivity index (χ1n) is 9.71. The molecule has 6 heteroatoms. The van der Waals surface area contributed by atoms with Crippen molar-refractivity contribution in [2.75, 3.05) is 59.2 Å². The van der Waals surface area contributed by atoms with Gasteiger partial charge in [0.15, 0.2) is 0 Å². The Bertz CT molecular complexity index is 557. The molecule has 0 N–H and O–H groups in total. The molecule has 1 aromatic carbocycles. The second-order valence-electron chi connectivity index (χ2n) is 6.83. The highest BCUT2D eigenvalue weighted by Crippen LogP contribution is 2.20. The van der Waals surface area contributed by atoms with E-state index in [9.17, 15) is 4.79 Å². The molecule has 0 saturated carbocycles. The fourth-order valence-electron chi connectivity index (χ4n) is 3.59. The van der Waals surface area contributed by atoms with Gasteiger partial charge in [0.1, 0.15) is 18.1 Å². The number of hydrogen-bond donors (Lipinski definition) is 0. The molecule has 2 aliphatic rings. The highest BCUT2D eigenvalue weighted by Gasteiger charge is 2.29. The summed E-state index contributed by atoms with van der Waals surface area (Å²) in [4.78, 5) is 17.0. The van der Waals surface area contributed by atoms with Crippen molar-refractivity contribution in [3.63, 3.8) is 0 Å². The predicted octanol–water partition coefficient (Wildman–Crippen LogP) is 2.03. The van der Waals surface area contributed by atoms with Crippen LogP contribution in [0.4, 0.5) is 0 Å². The van der Waals surface area contributed by atoms with Crippen molar-refractivity contribution < 1.29 is 19.0 Å². The van der Waals surface area contributed by atoms with Gasteiger partial charge in [-0.05, 0) is 50.6 Å². The van der Waals surface area contributed by atoms with E-state index >= 15 is 0 Å². The number of amides is 1. The number of carbonyl (C=O) groups is 1. The van der Waals surface area contributed by atoms with Gasteiger partial charge in [-0.25, -0.2) is 0 Å². The van der Waals surface area contributed by atoms with Crippen LogP contribution >= 0.6 is 0 Å². The summed E-state index contributed by atoms with van der Waals surface area (Å²) >= 11 is 0. The van der Waals surface area contributed by atoms with Gasteiger partial charge in [0.2, 0.25) is 5.91 Å². The Morgan fingerprint density at radius 1 is 1.12 bits per heavy atom. The van der Waals surface area contributed by atoms with E-state index in [1.165, 1.54) is 0 Å². The van der Waals surface area contributed by atoms with Crippen LogP contribution in [0.25, 0.3) is 0 Å². The fourth-order valence-corrected chi connectivity index (χ4v) is 3.59. The topological polar surface area (TPSA) is 51.2 Å². The van der Waals surface area contributed by atoms with Crippen molar-refractivity contribution in [1.29, 1.82) is 0 Å². The lowest BCUT2D eigenvalue weighted by atomic mass is 9.96. The molecule has 1 amide bonds. The van der Waals surface area contributed by atoms with E-state index in [1.54, 1.807) is 0 Å². The maximum absolute atomic E-state index is 12.7. The maximum atomic E-state index is 12.7. The van der Waals surface area contributed by atoms with Gasteiger partial charge in [-0.3, -0.25) is 9.69 Å². The van der Waals surface area contributed by atoms with Crippen LogP contribution in [0.1, 0.15) is 19.8 Å². The average Bonchev–Trinajstić information content (AvgIpc) is 2.70. The molecular formula is C20H30N2O4. The van der Waals surface area contributed by atoms with Gasteiger partial charge in [0.05, 0.1) is 25.7 Å². The molecule has 0 aliphatic carbocycles. The summed E-state index contributed by atoms with van der Waals surface area (Å²) in [6.45, 7) is 8.79. The molecule has 6 nitrogen and oxygen atoms in total. The van der Waals surface area contributed by atoms with Gasteiger partial charge in [-0.15, -0.1) is 0 Å². The first-order chi connectivity index (χ1) is 12.8. The Kier molecular flexibility index (Phi) is 7.14. The molecule has 0 bridgehead atoms. The first kappa shape index (κ1) is 19.0. The molecule has 144 valence electrons. The summed E-state index contributed by atoms with van der Waals surface area (Å²) in [6, 6.07) is 7.73. The van der Waals surface area contributed by atoms with E-state index in [4.69, 9.17) is 14.2 Å². The number of likely N-dealkylation sites (tertiary alicyclic amines) is 1. The van der Waals surface area contributed by atoms with Crippen LogP contribution in [0.3, 0.4) is 0 Å². The smallest absolute Gasteiger partial charge is 0.227 e. The number of rotatable bonds is 7. The SMILES string of the molecule is CCOc1ccc(OCCN2CCCC(C(=O)N3CCOCC3)C2)cc1. The fraction of sp³-hybridized carbons (Fsp3) is 0.650. The maximum Gasteiger partial charge on any atom is 0.227 e. The lowest BCUT2D eigenvalue weighted by molar-refractivity contribution is -0.141. The molecule has 2 aliphatic heterocycles. The molecule has 0 aromatic heterocycles. The zero-order chi connectivity index (χ0) is 18.2. The standard InChI is InChI=1S/C20H30N2O4/c1-2-25-18-5-7-19(8-6-18)26-15-10-21-9-3-4-17(16-21)20(23)22-11-13-24-14-12-22/h5-8,17H,2-4,9-16H2,1H3. The largest absolute Gasteiger partial charge is 0.494 e. The summed E-state index contributed by atoms with van der Waals surface area (Å²) < 4.78 is 16.6. The molecule has 1 aromatic rings. The minimum atomic E-state index is 0.118. The summed E-state index contributed by atoms with van der Waals surface area (Å²) in [5, 5.41) is 0. The van der Waals surface area contributed by atoms with Crippen LogP contribution < -0.4 is 9.47 Å². The third kappa shape index (κ3) is 5.35. The quantitative estimate of drug-likeness (QED) is 0.743. The Morgan fingerprint density at radius 3 is 2.50 bits per heavy atom. The molecule has 2 heterocycles. The van der Waals surface area contributed by atoms with Crippen molar-refractivity contribution in [2.45, 2.75) is 19.8 Å². The Balaban J connectivity index is 1.41. The van der Waals surface area contributed by atoms with E-state index in [2.05, 4.69) is 4.90 Å². The molecule has 0 radical (unpaired) electrons. The van der Waals surface area contributed by atoms with Crippen molar-refractivity contribution in [3.8, 4) is 11.5 Å². The van der Waals surface area contributed by atoms with E-state index < -0.39 is 0 Å². The summed E-state index contributed by atoms with van der Waals surface area (Å²) in [5.41, 5.74) is 0. The lowest BCUT2D eigenvalue weighted by Crippen LogP contribution is -2.48. The van der Waals surface area contributed by atoms with Gasteiger partial charge >= 0.3 is 0 Å². The lowest BCUT2D eigenvalue weighted by Gasteiger charge is -2.36. The zero-order valence-corrected chi connectivity index (χ0v) is 15.7. The van der Waals surface area contributed by atoms with Crippen molar-refractivity contribution in [2.24, 2.45) is 5.92 Å². The van der Waals surface area contributed by atoms with E-state index in [0.29, 0.717) is 32.3 Å². The molecular weight excluding hydrogens is 332 g/mol. The zero-order valence-electron chi connectivity index (χ0n) is 15.7. The van der Waals surface area contributed by atoms with E-state index in [0.717, 1.165) is 57.1 Å². The van der Waals surface area contributed by atoms with Crippen LogP contribution in [-0.2, 0) is 9.53 Å². The summed E-state index contributed by atoms with van der Waals surface area (Å²) in [5.74, 6) is 2.13. The third-order valence-corrected chi connectivity index (χ3v) is 4.99. The summed E-state index contributed by atoms with van der Waals surface area (Å²) in [6.07, 6.45) is 2.07. The van der Waals surface area contributed by atoms with Crippen LogP contribution in [-0.4, -0.2) is 74.9 Å². The van der Waals surface area contributed by atoms with Crippen molar-refractivity contribution in [3.05, 3.63) is 24.3 Å². The van der Waals surface area contributed by atoms with Gasteiger partial charge in [-0.1, -0.05) is 0 Å². The highest BCUT2D eigenvalue weighted by atomic mass is 16.5. The minimum absolute atomic E-state index is 0.118. The van der Waals surface area contributed by atoms with Gasteiger partial charge in [0, 0.05) is 26.2 Å². The van der Waals surface area contributed by atoms with Crippen LogP contribution in [0, 0.1) is 5.92 Å². The van der Waals surface area contributed by atoms with Crippen LogP contribution in [0.2, 0.25) is 0 Å². The average molecular weight is 362 g/mol. The first-order valence-corrected chi connectivity index (χ1v) is 9.71. The molecule has 26 heavy (non-hydrogen) atoms. The minimum Gasteiger partial charge on any atom is -0.494 e. The van der Waals surface area contributed by atoms with Crippen LogP contribution in [0.15, 0.2) is 24.3 Å². The molecule has 1 unspecified atom stereocenters. The molecule has 2 saturated heterocycles. The molecule has 3 rings (SSSR count). The summed E-state index contributed by atoms with van der Waals surface area (Å²) in [7, 11) is 0. The number of hydrogen-bond acceptors (Lipinski definition) is 5.